The van der Waals surface area contributed by atoms with Crippen LogP contribution in [-0.2, 0) is 15.5 Å². The highest BCUT2D eigenvalue weighted by molar-refractivity contribution is 5.76. The fourth-order valence-electron chi connectivity index (χ4n) is 3.02. The Morgan fingerprint density at radius 1 is 1.38 bits per heavy atom. The Bertz CT molecular complexity index is 633. The number of aliphatic carboxylic acids is 1. The number of pyridine rings is 1. The molecule has 24 heavy (non-hydrogen) atoms. The molecule has 2 aliphatic rings. The second-order valence-electron chi connectivity index (χ2n) is 6.14. The fourth-order valence-corrected chi connectivity index (χ4v) is 3.02. The molecule has 1 saturated heterocycles. The molecule has 9 heteroatoms. The highest BCUT2D eigenvalue weighted by Gasteiger charge is 2.50. The topological polar surface area (TPSA) is 62.7 Å². The highest BCUT2D eigenvalue weighted by atomic mass is 19.3. The summed E-state index contributed by atoms with van der Waals surface area (Å²) in [5, 5.41) is 8.60. The average molecular weight is 348 g/mol. The minimum Gasteiger partial charge on any atom is -0.476 e. The van der Waals surface area contributed by atoms with E-state index in [1.54, 1.807) is 4.90 Å². The Morgan fingerprint density at radius 3 is 2.71 bits per heavy atom. The van der Waals surface area contributed by atoms with E-state index in [1.807, 2.05) is 0 Å². The molecular weight excluding hydrogens is 332 g/mol. The van der Waals surface area contributed by atoms with Gasteiger partial charge in [0.25, 0.3) is 0 Å². The number of alkyl halides is 4. The van der Waals surface area contributed by atoms with Crippen LogP contribution >= 0.6 is 0 Å². The van der Waals surface area contributed by atoms with Crippen LogP contribution in [0.25, 0.3) is 0 Å². The zero-order chi connectivity index (χ0) is 17.5. The number of carboxylic acid groups (broad SMARTS) is 1. The lowest BCUT2D eigenvalue weighted by atomic mass is 9.77. The number of hydrogen-bond acceptors (Lipinski definition) is 4. The van der Waals surface area contributed by atoms with Crippen molar-refractivity contribution < 1.29 is 32.2 Å². The van der Waals surface area contributed by atoms with Gasteiger partial charge in [0.05, 0.1) is 12.7 Å². The molecule has 1 aromatic rings. The molecule has 1 aromatic heterocycles. The van der Waals surface area contributed by atoms with Crippen molar-refractivity contribution in [2.75, 3.05) is 24.6 Å². The van der Waals surface area contributed by atoms with Crippen molar-refractivity contribution >= 4 is 11.8 Å². The summed E-state index contributed by atoms with van der Waals surface area (Å²) in [4.78, 5) is 16.1. The Hall–Kier alpha value is -1.90. The second-order valence-corrected chi connectivity index (χ2v) is 6.14. The molecule has 1 atom stereocenters. The summed E-state index contributed by atoms with van der Waals surface area (Å²) in [6.07, 6.45) is -0.893. The van der Waals surface area contributed by atoms with Gasteiger partial charge in [-0.1, -0.05) is 6.07 Å². The second kappa shape index (κ2) is 5.87. The normalized spacial score (nSPS) is 24.5. The zero-order valence-electron chi connectivity index (χ0n) is 12.6. The van der Waals surface area contributed by atoms with Gasteiger partial charge < -0.3 is 14.7 Å². The number of ether oxygens (including phenoxy) is 1. The first kappa shape index (κ1) is 16.9. The minimum atomic E-state index is -4.09. The Kier molecular flexibility index (Phi) is 4.15. The smallest absolute Gasteiger partial charge is 0.384 e. The first-order valence-electron chi connectivity index (χ1n) is 7.52. The zero-order valence-corrected chi connectivity index (χ0v) is 12.6. The number of hydrogen-bond donors (Lipinski definition) is 1. The van der Waals surface area contributed by atoms with Crippen molar-refractivity contribution in [3.63, 3.8) is 0 Å². The fraction of sp³-hybridized carbons (Fsp3) is 0.600. The number of anilines is 1. The molecule has 1 N–H and O–H groups in total. The van der Waals surface area contributed by atoms with E-state index in [1.165, 1.54) is 12.1 Å². The van der Waals surface area contributed by atoms with Crippen LogP contribution in [0.4, 0.5) is 23.4 Å². The van der Waals surface area contributed by atoms with Gasteiger partial charge >= 0.3 is 11.9 Å². The maximum Gasteiger partial charge on any atom is 0.384 e. The van der Waals surface area contributed by atoms with Crippen LogP contribution in [0.1, 0.15) is 18.5 Å². The summed E-state index contributed by atoms with van der Waals surface area (Å²) in [7, 11) is 0. The van der Waals surface area contributed by atoms with Crippen LogP contribution in [0.2, 0.25) is 0 Å². The van der Waals surface area contributed by atoms with Crippen molar-refractivity contribution in [3.8, 4) is 0 Å². The number of carboxylic acids is 1. The summed E-state index contributed by atoms with van der Waals surface area (Å²) < 4.78 is 58.7. The Balaban J connectivity index is 1.73. The minimum absolute atomic E-state index is 0.188. The van der Waals surface area contributed by atoms with Gasteiger partial charge in [0.1, 0.15) is 11.5 Å². The van der Waals surface area contributed by atoms with Crippen LogP contribution < -0.4 is 4.90 Å². The van der Waals surface area contributed by atoms with Crippen LogP contribution in [0.15, 0.2) is 18.2 Å². The SMILES string of the molecule is O=C(O)C(F)(F)c1cccc(N2CCOC(C3CC(F)(F)C3)C2)n1. The third-order valence-electron chi connectivity index (χ3n) is 4.39. The van der Waals surface area contributed by atoms with E-state index in [0.717, 1.165) is 6.07 Å². The molecule has 0 aromatic carbocycles. The molecule has 1 unspecified atom stereocenters. The van der Waals surface area contributed by atoms with Gasteiger partial charge in [0.15, 0.2) is 0 Å². The molecule has 132 valence electrons. The van der Waals surface area contributed by atoms with Gasteiger partial charge in [0, 0.05) is 25.9 Å². The third-order valence-corrected chi connectivity index (χ3v) is 4.39. The molecule has 0 bridgehead atoms. The summed E-state index contributed by atoms with van der Waals surface area (Å²) in [5.74, 6) is -9.10. The van der Waals surface area contributed by atoms with Gasteiger partial charge in [-0.3, -0.25) is 0 Å². The van der Waals surface area contributed by atoms with Gasteiger partial charge in [-0.2, -0.15) is 8.78 Å². The Morgan fingerprint density at radius 2 is 2.08 bits per heavy atom. The summed E-state index contributed by atoms with van der Waals surface area (Å²) in [6.45, 7) is 0.901. The summed E-state index contributed by atoms with van der Waals surface area (Å²) in [6, 6.07) is 3.73. The number of aromatic nitrogens is 1. The molecule has 1 aliphatic carbocycles. The maximum absolute atomic E-state index is 13.6. The monoisotopic (exact) mass is 348 g/mol. The van der Waals surface area contributed by atoms with Crippen LogP contribution in [0, 0.1) is 5.92 Å². The number of nitrogens with zero attached hydrogens (tertiary/aromatic N) is 2. The van der Waals surface area contributed by atoms with E-state index in [-0.39, 0.29) is 37.7 Å². The number of morpholine rings is 1. The van der Waals surface area contributed by atoms with Gasteiger partial charge in [-0.15, -0.1) is 0 Å². The number of carbonyl (C=O) groups is 1. The van der Waals surface area contributed by atoms with Crippen molar-refractivity contribution in [1.82, 2.24) is 4.98 Å². The quantitative estimate of drug-likeness (QED) is 0.847. The Labute approximate surface area is 135 Å². The molecule has 1 saturated carbocycles. The predicted molar refractivity (Wildman–Crippen MR) is 75.4 cm³/mol. The summed E-state index contributed by atoms with van der Waals surface area (Å²) >= 11 is 0. The van der Waals surface area contributed by atoms with Crippen LogP contribution in [0.3, 0.4) is 0 Å². The van der Waals surface area contributed by atoms with Gasteiger partial charge in [0.2, 0.25) is 5.92 Å². The van der Waals surface area contributed by atoms with E-state index >= 15 is 0 Å². The molecule has 0 amide bonds. The van der Waals surface area contributed by atoms with Crippen LogP contribution in [-0.4, -0.2) is 47.8 Å². The lowest BCUT2D eigenvalue weighted by Gasteiger charge is -2.44. The number of rotatable bonds is 4. The van der Waals surface area contributed by atoms with Gasteiger partial charge in [-0.05, 0) is 18.1 Å². The molecule has 5 nitrogen and oxygen atoms in total. The first-order valence-corrected chi connectivity index (χ1v) is 7.52. The van der Waals surface area contributed by atoms with E-state index < -0.39 is 29.6 Å². The highest BCUT2D eigenvalue weighted by Crippen LogP contribution is 2.45. The van der Waals surface area contributed by atoms with E-state index in [0.29, 0.717) is 6.54 Å². The maximum atomic E-state index is 13.6. The van der Waals surface area contributed by atoms with E-state index in [4.69, 9.17) is 9.84 Å². The lowest BCUT2D eigenvalue weighted by Crippen LogP contribution is -2.52. The average Bonchev–Trinajstić information content (AvgIpc) is 2.52. The van der Waals surface area contributed by atoms with Crippen LogP contribution in [0.5, 0.6) is 0 Å². The molecule has 2 fully saturated rings. The van der Waals surface area contributed by atoms with Crippen molar-refractivity contribution in [2.45, 2.75) is 30.8 Å². The molecule has 1 aliphatic heterocycles. The van der Waals surface area contributed by atoms with E-state index in [2.05, 4.69) is 4.98 Å². The number of halogens is 4. The van der Waals surface area contributed by atoms with Crippen molar-refractivity contribution in [3.05, 3.63) is 23.9 Å². The molecule has 3 rings (SSSR count). The summed E-state index contributed by atoms with van der Waals surface area (Å²) in [5.41, 5.74) is -0.856. The molecular formula is C15H16F4N2O3. The lowest BCUT2D eigenvalue weighted by molar-refractivity contribution is -0.166. The third kappa shape index (κ3) is 3.17. The molecule has 0 spiro atoms. The van der Waals surface area contributed by atoms with Gasteiger partial charge in [-0.25, -0.2) is 18.6 Å². The molecule has 0 radical (unpaired) electrons. The van der Waals surface area contributed by atoms with E-state index in [9.17, 15) is 22.4 Å². The molecule has 2 heterocycles. The standard InChI is InChI=1S/C15H16F4N2O3/c16-14(17)6-9(7-14)10-8-21(4-5-24-10)12-3-1-2-11(20-12)15(18,19)13(22)23/h1-3,9-10H,4-8H2,(H,22,23). The van der Waals surface area contributed by atoms with Crippen molar-refractivity contribution in [1.29, 1.82) is 0 Å². The largest absolute Gasteiger partial charge is 0.476 e. The first-order chi connectivity index (χ1) is 11.2. The van der Waals surface area contributed by atoms with Crippen molar-refractivity contribution in [2.24, 2.45) is 5.92 Å². The predicted octanol–water partition coefficient (Wildman–Crippen LogP) is 2.51.